The predicted octanol–water partition coefficient (Wildman–Crippen LogP) is 3.12. The summed E-state index contributed by atoms with van der Waals surface area (Å²) in [6.07, 6.45) is 4.90. The zero-order chi connectivity index (χ0) is 26.3. The Kier molecular flexibility index (Phi) is 6.59. The number of benzene rings is 1. The number of hydrogen-bond acceptors (Lipinski definition) is 6. The molecule has 1 saturated heterocycles. The summed E-state index contributed by atoms with van der Waals surface area (Å²) in [7, 11) is 0. The van der Waals surface area contributed by atoms with Gasteiger partial charge in [0.1, 0.15) is 17.8 Å². The number of carbonyl (C=O) groups is 2. The lowest BCUT2D eigenvalue weighted by Crippen LogP contribution is -2.63. The fourth-order valence-electron chi connectivity index (χ4n) is 5.18. The van der Waals surface area contributed by atoms with Gasteiger partial charge in [-0.3, -0.25) is 24.3 Å². The first-order valence-corrected chi connectivity index (χ1v) is 12.1. The average molecular weight is 509 g/mol. The van der Waals surface area contributed by atoms with Crippen LogP contribution < -0.4 is 5.43 Å². The van der Waals surface area contributed by atoms with Crippen LogP contribution in [0.3, 0.4) is 0 Å². The van der Waals surface area contributed by atoms with E-state index < -0.39 is 34.5 Å². The Morgan fingerprint density at radius 3 is 2.76 bits per heavy atom. The van der Waals surface area contributed by atoms with E-state index >= 15 is 0 Å². The lowest BCUT2D eigenvalue weighted by Gasteiger charge is -2.50. The zero-order valence-corrected chi connectivity index (χ0v) is 20.2. The Bertz CT molecular complexity index is 1430. The number of Topliss-reactive ketones (excluding diaryl/α,β-unsaturated/α-hetero) is 1. The molecule has 8 nitrogen and oxygen atoms in total. The van der Waals surface area contributed by atoms with Crippen molar-refractivity contribution in [2.24, 2.45) is 0 Å². The normalized spacial score (nSPS) is 19.4. The molecule has 5 rings (SSSR count). The van der Waals surface area contributed by atoms with Crippen LogP contribution in [0.4, 0.5) is 8.78 Å². The first kappa shape index (κ1) is 24.8. The number of ketones is 1. The van der Waals surface area contributed by atoms with Crippen molar-refractivity contribution in [2.45, 2.75) is 51.5 Å². The molecule has 10 heteroatoms. The maximum atomic E-state index is 14.0. The smallest absolute Gasteiger partial charge is 0.276 e. The molecule has 2 atom stereocenters. The molecule has 1 N–H and O–H groups in total. The van der Waals surface area contributed by atoms with Crippen molar-refractivity contribution in [3.63, 3.8) is 0 Å². The number of halogens is 2. The Balaban J connectivity index is 1.44. The fourth-order valence-corrected chi connectivity index (χ4v) is 5.18. The highest BCUT2D eigenvalue weighted by molar-refractivity contribution is 6.00. The summed E-state index contributed by atoms with van der Waals surface area (Å²) in [5.41, 5.74) is -0.211. The summed E-state index contributed by atoms with van der Waals surface area (Å²) in [6, 6.07) is 6.79. The van der Waals surface area contributed by atoms with E-state index in [0.717, 1.165) is 30.7 Å². The van der Waals surface area contributed by atoms with Crippen LogP contribution in [0.2, 0.25) is 0 Å². The van der Waals surface area contributed by atoms with Crippen LogP contribution in [0.15, 0.2) is 53.7 Å². The number of aromatic hydroxyl groups is 1. The zero-order valence-electron chi connectivity index (χ0n) is 20.2. The summed E-state index contributed by atoms with van der Waals surface area (Å²) in [6.45, 7) is 3.49. The Hall–Kier alpha value is -3.92. The van der Waals surface area contributed by atoms with Gasteiger partial charge in [0, 0.05) is 50.2 Å². The molecule has 3 aromatic rings. The van der Waals surface area contributed by atoms with Crippen LogP contribution in [-0.2, 0) is 19.5 Å². The number of amides is 1. The first-order valence-electron chi connectivity index (χ1n) is 12.1. The van der Waals surface area contributed by atoms with Crippen LogP contribution in [0.5, 0.6) is 5.75 Å². The lowest BCUT2D eigenvalue weighted by molar-refractivity contribution is -0.0363. The summed E-state index contributed by atoms with van der Waals surface area (Å²) < 4.78 is 28.6. The second kappa shape index (κ2) is 9.85. The molecule has 0 bridgehead atoms. The number of aromatic nitrogens is 2. The quantitative estimate of drug-likeness (QED) is 0.514. The van der Waals surface area contributed by atoms with Gasteiger partial charge in [-0.2, -0.15) is 0 Å². The summed E-state index contributed by atoms with van der Waals surface area (Å²) >= 11 is 0. The molecule has 1 amide bonds. The molecule has 2 aromatic heterocycles. The first-order chi connectivity index (χ1) is 17.7. The number of aryl methyl sites for hydroxylation is 1. The number of nitrogens with zero attached hydrogens (tertiary/aromatic N) is 4. The highest BCUT2D eigenvalue weighted by atomic mass is 19.1. The van der Waals surface area contributed by atoms with E-state index in [0.29, 0.717) is 6.54 Å². The molecule has 2 aliphatic rings. The fraction of sp³-hybridized carbons (Fsp3) is 0.333. The largest absolute Gasteiger partial charge is 0.503 e. The van der Waals surface area contributed by atoms with Crippen molar-refractivity contribution in [3.8, 4) is 5.75 Å². The summed E-state index contributed by atoms with van der Waals surface area (Å²) in [5.74, 6) is -3.33. The monoisotopic (exact) mass is 508 g/mol. The van der Waals surface area contributed by atoms with Gasteiger partial charge in [0.05, 0.1) is 12.1 Å². The highest BCUT2D eigenvalue weighted by Gasteiger charge is 2.43. The predicted molar refractivity (Wildman–Crippen MR) is 130 cm³/mol. The third-order valence-corrected chi connectivity index (χ3v) is 7.15. The maximum absolute atomic E-state index is 14.0. The van der Waals surface area contributed by atoms with Gasteiger partial charge < -0.3 is 14.6 Å². The van der Waals surface area contributed by atoms with Crippen LogP contribution >= 0.6 is 0 Å². The Morgan fingerprint density at radius 1 is 1.22 bits per heavy atom. The van der Waals surface area contributed by atoms with E-state index in [1.54, 1.807) is 17.3 Å². The molecule has 0 unspecified atom stereocenters. The number of rotatable bonds is 6. The van der Waals surface area contributed by atoms with Gasteiger partial charge in [0.15, 0.2) is 17.2 Å². The van der Waals surface area contributed by atoms with Crippen molar-refractivity contribution in [3.05, 3.63) is 93.2 Å². The molecule has 0 spiro atoms. The van der Waals surface area contributed by atoms with Gasteiger partial charge in [0.2, 0.25) is 5.43 Å². The Morgan fingerprint density at radius 2 is 2.03 bits per heavy atom. The van der Waals surface area contributed by atoms with E-state index in [2.05, 4.69) is 9.88 Å². The molecular formula is C27H26F2N4O4. The molecule has 2 aliphatic heterocycles. The molecule has 0 saturated carbocycles. The van der Waals surface area contributed by atoms with E-state index in [-0.39, 0.29) is 48.4 Å². The van der Waals surface area contributed by atoms with Crippen molar-refractivity contribution in [1.29, 1.82) is 0 Å². The van der Waals surface area contributed by atoms with Gasteiger partial charge >= 0.3 is 0 Å². The standard InChI is InChI=1S/C27H26F2N4O4/c1-16-8-10-31(13-17-3-2-9-30-12-17)23-15-32-14-20(25(35)26(36)24(32)27(37)33(16)23)22(34)7-5-18-4-6-19(28)11-21(18)29/h2-4,6,9,11-12,14,16,23,36H,5,7-8,10,13,15H2,1H3/t16-,23-/m0/s1. The van der Waals surface area contributed by atoms with Crippen molar-refractivity contribution in [1.82, 2.24) is 19.4 Å². The SMILES string of the molecule is C[C@H]1CCN(Cc2cccnc2)[C@@H]2Cn3cc(C(=O)CCc4ccc(F)cc4F)c(=O)c(O)c3C(=O)N12. The minimum Gasteiger partial charge on any atom is -0.503 e. The number of fused-ring (bicyclic) bond motifs is 2. The van der Waals surface area contributed by atoms with Crippen molar-refractivity contribution in [2.75, 3.05) is 6.54 Å². The minimum absolute atomic E-state index is 0.0430. The second-order valence-electron chi connectivity index (χ2n) is 9.54. The number of hydrogen-bond donors (Lipinski definition) is 1. The molecule has 192 valence electrons. The van der Waals surface area contributed by atoms with Gasteiger partial charge in [-0.15, -0.1) is 0 Å². The van der Waals surface area contributed by atoms with Crippen LogP contribution in [0, 0.1) is 11.6 Å². The maximum Gasteiger partial charge on any atom is 0.276 e. The summed E-state index contributed by atoms with van der Waals surface area (Å²) in [5, 5.41) is 10.7. The van der Waals surface area contributed by atoms with E-state index in [4.69, 9.17) is 0 Å². The second-order valence-corrected chi connectivity index (χ2v) is 9.54. The average Bonchev–Trinajstić information content (AvgIpc) is 2.87. The summed E-state index contributed by atoms with van der Waals surface area (Å²) in [4.78, 5) is 47.3. The van der Waals surface area contributed by atoms with Crippen molar-refractivity contribution < 1.29 is 23.5 Å². The third-order valence-electron chi connectivity index (χ3n) is 7.15. The van der Waals surface area contributed by atoms with Gasteiger partial charge in [-0.1, -0.05) is 12.1 Å². The molecule has 4 heterocycles. The van der Waals surface area contributed by atoms with Crippen molar-refractivity contribution >= 4 is 11.7 Å². The van der Waals surface area contributed by atoms with E-state index in [9.17, 15) is 28.3 Å². The molecule has 37 heavy (non-hydrogen) atoms. The van der Waals surface area contributed by atoms with Gasteiger partial charge in [-0.05, 0) is 43.0 Å². The van der Waals surface area contributed by atoms with Gasteiger partial charge in [-0.25, -0.2) is 8.78 Å². The third kappa shape index (κ3) is 4.64. The molecule has 0 aliphatic carbocycles. The Labute approximate surface area is 211 Å². The van der Waals surface area contributed by atoms with E-state index in [1.165, 1.54) is 16.8 Å². The van der Waals surface area contributed by atoms with Crippen LogP contribution in [0.25, 0.3) is 0 Å². The highest BCUT2D eigenvalue weighted by Crippen LogP contribution is 2.31. The van der Waals surface area contributed by atoms with E-state index in [1.807, 2.05) is 19.1 Å². The minimum atomic E-state index is -0.931. The molecule has 1 aromatic carbocycles. The lowest BCUT2D eigenvalue weighted by atomic mass is 9.99. The molecule has 0 radical (unpaired) electrons. The molecule has 1 fully saturated rings. The topological polar surface area (TPSA) is 95.7 Å². The van der Waals surface area contributed by atoms with Gasteiger partial charge in [0.25, 0.3) is 5.91 Å². The number of carbonyl (C=O) groups excluding carboxylic acids is 2. The van der Waals surface area contributed by atoms with Crippen LogP contribution in [-0.4, -0.2) is 54.9 Å². The number of pyridine rings is 2. The molecular weight excluding hydrogens is 482 g/mol. The van der Waals surface area contributed by atoms with Crippen LogP contribution in [0.1, 0.15) is 51.7 Å².